The summed E-state index contributed by atoms with van der Waals surface area (Å²) < 4.78 is 10.8. The van der Waals surface area contributed by atoms with Crippen LogP contribution in [0.2, 0.25) is 0 Å². The number of nitrogens with one attached hydrogen (secondary N) is 1. The average Bonchev–Trinajstić information content (AvgIpc) is 3.41. The fourth-order valence-electron chi connectivity index (χ4n) is 3.42. The van der Waals surface area contributed by atoms with Gasteiger partial charge in [0.2, 0.25) is 12.7 Å². The lowest BCUT2D eigenvalue weighted by atomic mass is 9.97. The lowest BCUT2D eigenvalue weighted by Gasteiger charge is -2.27. The van der Waals surface area contributed by atoms with Crippen LogP contribution in [0.5, 0.6) is 11.5 Å². The lowest BCUT2D eigenvalue weighted by molar-refractivity contribution is -0.115. The summed E-state index contributed by atoms with van der Waals surface area (Å²) in [6, 6.07) is 11.0. The maximum Gasteiger partial charge on any atom is 0.242 e. The minimum atomic E-state index is -0.508. The van der Waals surface area contributed by atoms with Gasteiger partial charge < -0.3 is 14.8 Å². The second-order valence-electron chi connectivity index (χ2n) is 6.72. The maximum atomic E-state index is 13.1. The summed E-state index contributed by atoms with van der Waals surface area (Å²) in [5, 5.41) is 5.01. The second kappa shape index (κ2) is 7.20. The van der Waals surface area contributed by atoms with Crippen LogP contribution in [-0.2, 0) is 4.79 Å². The number of benzene rings is 2. The smallest absolute Gasteiger partial charge is 0.242 e. The molecule has 0 bridgehead atoms. The van der Waals surface area contributed by atoms with Crippen LogP contribution < -0.4 is 14.8 Å². The van der Waals surface area contributed by atoms with E-state index in [2.05, 4.69) is 10.3 Å². The van der Waals surface area contributed by atoms with Gasteiger partial charge in [0.15, 0.2) is 17.3 Å². The first-order valence-corrected chi connectivity index (χ1v) is 10.9. The van der Waals surface area contributed by atoms with Crippen LogP contribution in [-0.4, -0.2) is 28.7 Å². The van der Waals surface area contributed by atoms with Crippen LogP contribution in [0.3, 0.4) is 0 Å². The van der Waals surface area contributed by atoms with Crippen molar-refractivity contribution in [3.05, 3.63) is 59.1 Å². The highest BCUT2D eigenvalue weighted by atomic mass is 32.2. The molecule has 6 nitrogen and oxygen atoms in total. The predicted octanol–water partition coefficient (Wildman–Crippen LogP) is 4.54. The van der Waals surface area contributed by atoms with Gasteiger partial charge in [-0.2, -0.15) is 0 Å². The van der Waals surface area contributed by atoms with E-state index in [1.165, 1.54) is 11.8 Å². The van der Waals surface area contributed by atoms with Crippen molar-refractivity contribution in [3.8, 4) is 22.1 Å². The molecule has 0 saturated carbocycles. The highest BCUT2D eigenvalue weighted by Gasteiger charge is 2.37. The van der Waals surface area contributed by atoms with Gasteiger partial charge in [-0.1, -0.05) is 0 Å². The number of anilines is 1. The molecule has 0 spiro atoms. The number of thiazole rings is 1. The number of aromatic nitrogens is 1. The quantitative estimate of drug-likeness (QED) is 0.665. The Morgan fingerprint density at radius 1 is 1.17 bits per heavy atom. The molecule has 146 valence electrons. The fraction of sp³-hybridized carbons (Fsp3) is 0.190. The third-order valence-electron chi connectivity index (χ3n) is 4.87. The molecule has 2 aliphatic heterocycles. The predicted molar refractivity (Wildman–Crippen MR) is 113 cm³/mol. The van der Waals surface area contributed by atoms with E-state index >= 15 is 0 Å². The molecule has 3 aromatic rings. The van der Waals surface area contributed by atoms with E-state index in [0.29, 0.717) is 28.3 Å². The zero-order valence-corrected chi connectivity index (χ0v) is 17.0. The summed E-state index contributed by atoms with van der Waals surface area (Å²) >= 11 is 2.91. The molecule has 8 heteroatoms. The second-order valence-corrected chi connectivity index (χ2v) is 9.06. The molecule has 1 amide bonds. The zero-order chi connectivity index (χ0) is 20.0. The number of amides is 1. The van der Waals surface area contributed by atoms with Gasteiger partial charge in [-0.25, -0.2) is 4.98 Å². The van der Waals surface area contributed by atoms with Crippen LogP contribution in [0, 0.1) is 0 Å². The summed E-state index contributed by atoms with van der Waals surface area (Å²) in [7, 11) is 0. The molecule has 2 aromatic carbocycles. The zero-order valence-electron chi connectivity index (χ0n) is 15.4. The van der Waals surface area contributed by atoms with Gasteiger partial charge in [0.25, 0.3) is 0 Å². The molecule has 1 N–H and O–H groups in total. The monoisotopic (exact) mass is 424 g/mol. The first-order chi connectivity index (χ1) is 14.1. The summed E-state index contributed by atoms with van der Waals surface area (Å²) in [6.07, 6.45) is 1.77. The van der Waals surface area contributed by atoms with Gasteiger partial charge in [0, 0.05) is 28.4 Å². The van der Waals surface area contributed by atoms with Crippen LogP contribution in [0.25, 0.3) is 10.6 Å². The molecule has 5 rings (SSSR count). The number of Topliss-reactive ketones (excluding diaryl/α,β-unsaturated/α-hetero) is 1. The summed E-state index contributed by atoms with van der Waals surface area (Å²) in [5.74, 6) is 0.946. The molecule has 3 heterocycles. The third-order valence-corrected chi connectivity index (χ3v) is 7.06. The number of hydrogen-bond donors (Lipinski definition) is 1. The van der Waals surface area contributed by atoms with Gasteiger partial charge in [0.05, 0.1) is 5.25 Å². The molecular weight excluding hydrogens is 408 g/mol. The van der Waals surface area contributed by atoms with Crippen LogP contribution in [0.1, 0.15) is 28.1 Å². The van der Waals surface area contributed by atoms with E-state index in [9.17, 15) is 9.59 Å². The van der Waals surface area contributed by atoms with Crippen molar-refractivity contribution in [1.82, 2.24) is 4.98 Å². The number of rotatable bonds is 3. The fourth-order valence-corrected chi connectivity index (χ4v) is 5.25. The van der Waals surface area contributed by atoms with Crippen molar-refractivity contribution in [2.45, 2.75) is 17.4 Å². The number of carbonyl (C=O) groups excluding carboxylic acids is 2. The third kappa shape index (κ3) is 3.28. The summed E-state index contributed by atoms with van der Waals surface area (Å²) in [6.45, 7) is 1.95. The van der Waals surface area contributed by atoms with E-state index in [-0.39, 0.29) is 23.7 Å². The van der Waals surface area contributed by atoms with Crippen molar-refractivity contribution in [2.75, 3.05) is 12.1 Å². The standard InChI is InChI=1S/C21H16N2O4S2/c1-11-18(24)14-8-16-17(27-10-26-16)9-15(14)19(29-11)20(25)23-13-4-2-12(3-5-13)21-22-6-7-28-21/h2-9,11,19H,10H2,1H3,(H,23,25)/t11-,19+/m0/s1. The molecule has 0 unspecified atom stereocenters. The van der Waals surface area contributed by atoms with Crippen molar-refractivity contribution in [3.63, 3.8) is 0 Å². The lowest BCUT2D eigenvalue weighted by Crippen LogP contribution is -2.29. The van der Waals surface area contributed by atoms with Gasteiger partial charge >= 0.3 is 0 Å². The van der Waals surface area contributed by atoms with E-state index in [1.807, 2.05) is 36.6 Å². The van der Waals surface area contributed by atoms with Gasteiger partial charge in [-0.05, 0) is 48.9 Å². The number of hydrogen-bond acceptors (Lipinski definition) is 7. The number of ketones is 1. The Morgan fingerprint density at radius 2 is 1.93 bits per heavy atom. The summed E-state index contributed by atoms with van der Waals surface area (Å²) in [4.78, 5) is 30.0. The highest BCUT2D eigenvalue weighted by Crippen LogP contribution is 2.46. The topological polar surface area (TPSA) is 77.5 Å². The minimum absolute atomic E-state index is 0.000140. The number of nitrogens with zero attached hydrogens (tertiary/aromatic N) is 1. The van der Waals surface area contributed by atoms with Crippen LogP contribution in [0.15, 0.2) is 48.0 Å². The highest BCUT2D eigenvalue weighted by molar-refractivity contribution is 8.01. The molecule has 1 aromatic heterocycles. The Kier molecular flexibility index (Phi) is 4.52. The molecular formula is C21H16N2O4S2. The maximum absolute atomic E-state index is 13.1. The Bertz CT molecular complexity index is 1100. The molecule has 0 saturated heterocycles. The molecule has 2 aliphatic rings. The van der Waals surface area contributed by atoms with Crippen molar-refractivity contribution < 1.29 is 19.1 Å². The molecule has 0 aliphatic carbocycles. The first-order valence-electron chi connectivity index (χ1n) is 9.04. The minimum Gasteiger partial charge on any atom is -0.454 e. The first kappa shape index (κ1) is 18.2. The molecule has 2 atom stereocenters. The van der Waals surface area contributed by atoms with Crippen LogP contribution >= 0.6 is 23.1 Å². The SMILES string of the molecule is C[C@@H]1S[C@@H](C(=O)Nc2ccc(-c3nccs3)cc2)c2cc3c(cc2C1=O)OCO3. The van der Waals surface area contributed by atoms with Crippen molar-refractivity contribution >= 4 is 40.5 Å². The normalized spacial score (nSPS) is 19.7. The molecule has 0 radical (unpaired) electrons. The number of carbonyl (C=O) groups is 2. The number of thioether (sulfide) groups is 1. The van der Waals surface area contributed by atoms with E-state index in [1.54, 1.807) is 29.7 Å². The van der Waals surface area contributed by atoms with E-state index < -0.39 is 5.25 Å². The Hall–Kier alpha value is -2.84. The molecule has 0 fully saturated rings. The van der Waals surface area contributed by atoms with E-state index in [4.69, 9.17) is 9.47 Å². The summed E-state index contributed by atoms with van der Waals surface area (Å²) in [5.41, 5.74) is 2.89. The van der Waals surface area contributed by atoms with Gasteiger partial charge in [-0.3, -0.25) is 9.59 Å². The van der Waals surface area contributed by atoms with Gasteiger partial charge in [0.1, 0.15) is 10.3 Å². The molecule has 29 heavy (non-hydrogen) atoms. The Morgan fingerprint density at radius 3 is 2.66 bits per heavy atom. The average molecular weight is 425 g/mol. The Balaban J connectivity index is 1.41. The van der Waals surface area contributed by atoms with Crippen LogP contribution in [0.4, 0.5) is 5.69 Å². The van der Waals surface area contributed by atoms with Gasteiger partial charge in [-0.15, -0.1) is 23.1 Å². The van der Waals surface area contributed by atoms with E-state index in [0.717, 1.165) is 10.6 Å². The number of fused-ring (bicyclic) bond motifs is 2. The number of ether oxygens (including phenoxy) is 2. The largest absolute Gasteiger partial charge is 0.454 e. The van der Waals surface area contributed by atoms with Crippen molar-refractivity contribution in [1.29, 1.82) is 0 Å². The van der Waals surface area contributed by atoms with Crippen molar-refractivity contribution in [2.24, 2.45) is 0 Å². The Labute approximate surface area is 175 Å².